The molecule has 4 rings (SSSR count). The molecule has 3 heteroatoms. The lowest BCUT2D eigenvalue weighted by Crippen LogP contribution is -2.60. The number of carbonyl (C=O) groups is 1. The van der Waals surface area contributed by atoms with Gasteiger partial charge in [-0.3, -0.25) is 0 Å². The second kappa shape index (κ2) is 5.62. The van der Waals surface area contributed by atoms with Gasteiger partial charge in [0.25, 0.3) is 0 Å². The minimum absolute atomic E-state index is 0.123. The number of hydrogen-bond acceptors (Lipinski definition) is 3. The van der Waals surface area contributed by atoms with Gasteiger partial charge in [0, 0.05) is 23.3 Å². The van der Waals surface area contributed by atoms with Crippen molar-refractivity contribution >= 4 is 5.97 Å². The first kappa shape index (κ1) is 16.5. The molecule has 4 aliphatic rings. The van der Waals surface area contributed by atoms with Crippen LogP contribution >= 0.6 is 0 Å². The van der Waals surface area contributed by atoms with Gasteiger partial charge in [0.2, 0.25) is 0 Å². The van der Waals surface area contributed by atoms with Gasteiger partial charge < -0.3 is 9.47 Å². The maximum absolute atomic E-state index is 11.4. The van der Waals surface area contributed by atoms with Crippen LogP contribution in [0.5, 0.6) is 0 Å². The van der Waals surface area contributed by atoms with E-state index in [1.807, 2.05) is 0 Å². The Morgan fingerprint density at radius 1 is 1.26 bits per heavy atom. The first-order valence-corrected chi connectivity index (χ1v) is 8.67. The molecule has 23 heavy (non-hydrogen) atoms. The summed E-state index contributed by atoms with van der Waals surface area (Å²) >= 11 is 0. The Morgan fingerprint density at radius 3 is 2.61 bits per heavy atom. The molecule has 0 aromatic rings. The van der Waals surface area contributed by atoms with Gasteiger partial charge >= 0.3 is 5.97 Å². The van der Waals surface area contributed by atoms with Crippen LogP contribution in [0.4, 0.5) is 0 Å². The van der Waals surface area contributed by atoms with E-state index in [9.17, 15) is 4.79 Å². The number of hydrogen-bond donors (Lipinski definition) is 0. The highest BCUT2D eigenvalue weighted by molar-refractivity contribution is 5.86. The topological polar surface area (TPSA) is 35.5 Å². The van der Waals surface area contributed by atoms with Gasteiger partial charge in [-0.15, -0.1) is 0 Å². The van der Waals surface area contributed by atoms with E-state index in [-0.39, 0.29) is 22.9 Å². The van der Waals surface area contributed by atoms with E-state index in [0.29, 0.717) is 24.7 Å². The fraction of sp³-hybridized carbons (Fsp3) is 0.650. The van der Waals surface area contributed by atoms with Crippen molar-refractivity contribution in [3.05, 3.63) is 35.5 Å². The molecule has 0 aliphatic heterocycles. The van der Waals surface area contributed by atoms with Crippen molar-refractivity contribution in [1.29, 1.82) is 0 Å². The van der Waals surface area contributed by atoms with Crippen molar-refractivity contribution < 1.29 is 14.3 Å². The van der Waals surface area contributed by atoms with Crippen LogP contribution in [0, 0.1) is 16.7 Å². The molecule has 3 unspecified atom stereocenters. The van der Waals surface area contributed by atoms with E-state index < -0.39 is 0 Å². The molecule has 2 bridgehead atoms. The standard InChI is InChI=1S/C20H28O3/c1-13(2)18(21)23-12-8-11-22-17-16-14-9-6-7-10-15(14)20(17,5)19(16,3)4/h9-10,16-17H,1,6-8,11-12H2,2-5H3. The zero-order chi connectivity index (χ0) is 16.8. The molecule has 3 saturated carbocycles. The van der Waals surface area contributed by atoms with Gasteiger partial charge in [0.15, 0.2) is 0 Å². The molecule has 0 aromatic heterocycles. The summed E-state index contributed by atoms with van der Waals surface area (Å²) < 4.78 is 11.4. The molecule has 0 amide bonds. The third-order valence-corrected chi connectivity index (χ3v) is 6.24. The van der Waals surface area contributed by atoms with Crippen molar-refractivity contribution in [3.8, 4) is 0 Å². The van der Waals surface area contributed by atoms with E-state index in [0.717, 1.165) is 19.3 Å². The molecule has 3 atom stereocenters. The van der Waals surface area contributed by atoms with Crippen LogP contribution in [0.25, 0.3) is 0 Å². The first-order chi connectivity index (χ1) is 10.8. The van der Waals surface area contributed by atoms with Gasteiger partial charge in [0.1, 0.15) is 0 Å². The van der Waals surface area contributed by atoms with Crippen molar-refractivity contribution in [2.24, 2.45) is 16.7 Å². The van der Waals surface area contributed by atoms with E-state index in [1.54, 1.807) is 6.92 Å². The zero-order valence-electron chi connectivity index (χ0n) is 14.8. The summed E-state index contributed by atoms with van der Waals surface area (Å²) in [6.07, 6.45) is 8.16. The summed E-state index contributed by atoms with van der Waals surface area (Å²) in [4.78, 5) is 11.4. The fourth-order valence-corrected chi connectivity index (χ4v) is 4.68. The van der Waals surface area contributed by atoms with Crippen molar-refractivity contribution in [1.82, 2.24) is 0 Å². The first-order valence-electron chi connectivity index (χ1n) is 8.67. The Labute approximate surface area is 139 Å². The van der Waals surface area contributed by atoms with Gasteiger partial charge in [-0.05, 0) is 36.3 Å². The number of rotatable bonds is 6. The number of carbonyl (C=O) groups excluding carboxylic acids is 1. The molecular weight excluding hydrogens is 288 g/mol. The summed E-state index contributed by atoms with van der Waals surface area (Å²) in [5.41, 5.74) is 3.89. The quantitative estimate of drug-likeness (QED) is 0.418. The molecule has 0 radical (unpaired) electrons. The molecule has 0 N–H and O–H groups in total. The highest BCUT2D eigenvalue weighted by atomic mass is 16.5. The molecule has 3 nitrogen and oxygen atoms in total. The number of esters is 1. The normalized spacial score (nSPS) is 33.2. The minimum atomic E-state index is -0.317. The lowest BCUT2D eigenvalue weighted by atomic mass is 9.49. The lowest BCUT2D eigenvalue weighted by Gasteiger charge is -2.58. The summed E-state index contributed by atoms with van der Waals surface area (Å²) in [5, 5.41) is 0. The highest BCUT2D eigenvalue weighted by Crippen LogP contribution is 2.76. The second-order valence-corrected chi connectivity index (χ2v) is 7.82. The van der Waals surface area contributed by atoms with Gasteiger partial charge in [-0.1, -0.05) is 39.5 Å². The molecule has 0 aromatic carbocycles. The molecule has 3 fully saturated rings. The SMILES string of the molecule is C=C(C)C(=O)OCCCOC1C2C3=CCCC=C3C1(C)C2(C)C. The summed E-state index contributed by atoms with van der Waals surface area (Å²) in [6.45, 7) is 13.4. The zero-order valence-corrected chi connectivity index (χ0v) is 14.8. The van der Waals surface area contributed by atoms with Crippen LogP contribution in [0.3, 0.4) is 0 Å². The van der Waals surface area contributed by atoms with Crippen molar-refractivity contribution in [3.63, 3.8) is 0 Å². The van der Waals surface area contributed by atoms with Crippen LogP contribution in [0.15, 0.2) is 35.5 Å². The van der Waals surface area contributed by atoms with Gasteiger partial charge in [-0.2, -0.15) is 0 Å². The van der Waals surface area contributed by atoms with Crippen molar-refractivity contribution in [2.45, 2.75) is 53.1 Å². The Hall–Kier alpha value is -1.35. The predicted molar refractivity (Wildman–Crippen MR) is 90.9 cm³/mol. The molecule has 126 valence electrons. The molecular formula is C20H28O3. The molecule has 0 spiro atoms. The minimum Gasteiger partial charge on any atom is -0.462 e. The lowest BCUT2D eigenvalue weighted by molar-refractivity contribution is -0.186. The molecule has 0 saturated heterocycles. The summed E-state index contributed by atoms with van der Waals surface area (Å²) in [5.74, 6) is 0.195. The molecule has 4 aliphatic carbocycles. The van der Waals surface area contributed by atoms with Crippen LogP contribution in [-0.4, -0.2) is 25.3 Å². The third-order valence-electron chi connectivity index (χ3n) is 6.24. The van der Waals surface area contributed by atoms with E-state index in [4.69, 9.17) is 9.47 Å². The maximum atomic E-state index is 11.4. The molecule has 0 heterocycles. The second-order valence-electron chi connectivity index (χ2n) is 7.82. The van der Waals surface area contributed by atoms with E-state index >= 15 is 0 Å². The average molecular weight is 316 g/mol. The van der Waals surface area contributed by atoms with E-state index in [2.05, 4.69) is 39.5 Å². The van der Waals surface area contributed by atoms with Gasteiger partial charge in [-0.25, -0.2) is 4.79 Å². The Balaban J connectivity index is 1.57. The van der Waals surface area contributed by atoms with Gasteiger partial charge in [0.05, 0.1) is 19.3 Å². The Morgan fingerprint density at radius 2 is 1.96 bits per heavy atom. The van der Waals surface area contributed by atoms with Crippen LogP contribution in [-0.2, 0) is 14.3 Å². The van der Waals surface area contributed by atoms with Crippen LogP contribution in [0.2, 0.25) is 0 Å². The van der Waals surface area contributed by atoms with Crippen molar-refractivity contribution in [2.75, 3.05) is 13.2 Å². The Bertz CT molecular complexity index is 596. The summed E-state index contributed by atoms with van der Waals surface area (Å²) in [6, 6.07) is 0. The number of allylic oxidation sites excluding steroid dienone is 2. The predicted octanol–water partition coefficient (Wildman–Crippen LogP) is 4.20. The maximum Gasteiger partial charge on any atom is 0.333 e. The van der Waals surface area contributed by atoms with E-state index in [1.165, 1.54) is 11.1 Å². The largest absolute Gasteiger partial charge is 0.462 e. The number of ether oxygens (including phenoxy) is 2. The average Bonchev–Trinajstić information content (AvgIpc) is 2.88. The monoisotopic (exact) mass is 316 g/mol. The highest BCUT2D eigenvalue weighted by Gasteiger charge is 2.74. The fourth-order valence-electron chi connectivity index (χ4n) is 4.68. The smallest absolute Gasteiger partial charge is 0.333 e. The summed E-state index contributed by atoms with van der Waals surface area (Å²) in [7, 11) is 0. The van der Waals surface area contributed by atoms with Crippen LogP contribution < -0.4 is 0 Å². The third kappa shape index (κ3) is 2.24. The van der Waals surface area contributed by atoms with Crippen LogP contribution in [0.1, 0.15) is 47.0 Å². The Kier molecular flexibility index (Phi) is 4.04.